The third-order valence-electron chi connectivity index (χ3n) is 5.33. The van der Waals surface area contributed by atoms with Crippen LogP contribution < -0.4 is 20.9 Å². The van der Waals surface area contributed by atoms with E-state index in [1.807, 2.05) is 0 Å². The summed E-state index contributed by atoms with van der Waals surface area (Å²) in [5.41, 5.74) is -3.65. The van der Waals surface area contributed by atoms with E-state index in [9.17, 15) is 23.6 Å². The monoisotopic (exact) mass is 579 g/mol. The Balaban J connectivity index is 2.01. The van der Waals surface area contributed by atoms with Crippen LogP contribution in [0.4, 0.5) is 4.39 Å². The van der Waals surface area contributed by atoms with Gasteiger partial charge in [-0.1, -0.05) is 12.1 Å². The summed E-state index contributed by atoms with van der Waals surface area (Å²) >= 11 is 0. The Morgan fingerprint density at radius 3 is 2.54 bits per heavy atom. The second-order valence-electron chi connectivity index (χ2n) is 8.88. The lowest BCUT2D eigenvalue weighted by Crippen LogP contribution is -2.46. The molecule has 0 fully saturated rings. The molecule has 0 aliphatic rings. The summed E-state index contributed by atoms with van der Waals surface area (Å²) in [4.78, 5) is 56.7. The van der Waals surface area contributed by atoms with Crippen LogP contribution in [-0.4, -0.2) is 64.5 Å². The third kappa shape index (κ3) is 8.25. The first kappa shape index (κ1) is 24.3. The zero-order chi connectivity index (χ0) is 34.4. The molecule has 3 aromatic rings. The molecule has 0 spiro atoms. The first-order valence-electron chi connectivity index (χ1n) is 14.5. The molecule has 0 bridgehead atoms. The quantitative estimate of drug-likeness (QED) is 0.219. The van der Waals surface area contributed by atoms with Crippen LogP contribution in [0.3, 0.4) is 0 Å². The molecule has 0 aliphatic heterocycles. The van der Waals surface area contributed by atoms with Gasteiger partial charge in [-0.05, 0) is 31.5 Å². The molecule has 0 atom stereocenters. The van der Waals surface area contributed by atoms with Crippen molar-refractivity contribution in [2.45, 2.75) is 39.2 Å². The van der Waals surface area contributed by atoms with Gasteiger partial charge in [-0.3, -0.25) is 23.7 Å². The van der Waals surface area contributed by atoms with E-state index in [4.69, 9.17) is 25.5 Å². The summed E-state index contributed by atoms with van der Waals surface area (Å²) in [5, 5.41) is 11.3. The van der Waals surface area contributed by atoms with Crippen molar-refractivity contribution < 1.29 is 44.3 Å². The standard InChI is InChI=1S/C26H31FN6O8/c1-15-31-32-23(40-15)22(36)30-26(2,3)25-29-19(21(35)28-14-16-6-8-17(27)9-7-16)20(24(37)33(25)4)41-18(34)10-11-39-13-12-38-5/h6-9H,10-14H2,1-5H3,(H,28,35)(H,30,36)/i1D3,14D2. The molecule has 2 N–H and O–H groups in total. The van der Waals surface area contributed by atoms with Crippen molar-refractivity contribution in [2.24, 2.45) is 7.05 Å². The van der Waals surface area contributed by atoms with Gasteiger partial charge >= 0.3 is 17.8 Å². The molecule has 0 aliphatic carbocycles. The van der Waals surface area contributed by atoms with Gasteiger partial charge < -0.3 is 29.3 Å². The fraction of sp³-hybridized carbons (Fsp3) is 0.423. The number of nitrogens with one attached hydrogen (secondary N) is 2. The van der Waals surface area contributed by atoms with Crippen LogP contribution in [0.1, 0.15) is 65.6 Å². The van der Waals surface area contributed by atoms with Gasteiger partial charge in [0.05, 0.1) is 34.5 Å². The highest BCUT2D eigenvalue weighted by atomic mass is 19.1. The number of methoxy groups -OCH3 is 1. The van der Waals surface area contributed by atoms with Crippen LogP contribution in [0.5, 0.6) is 5.75 Å². The zero-order valence-electron chi connectivity index (χ0n) is 27.6. The topological polar surface area (TPSA) is 177 Å². The number of nitrogens with zero attached hydrogens (tertiary/aromatic N) is 4. The number of halogens is 1. The highest BCUT2D eigenvalue weighted by molar-refractivity contribution is 5.95. The zero-order valence-corrected chi connectivity index (χ0v) is 22.6. The van der Waals surface area contributed by atoms with Crippen molar-refractivity contribution >= 4 is 17.8 Å². The van der Waals surface area contributed by atoms with Crippen molar-refractivity contribution in [3.8, 4) is 5.75 Å². The van der Waals surface area contributed by atoms with Crippen LogP contribution in [-0.2, 0) is 33.4 Å². The van der Waals surface area contributed by atoms with E-state index < -0.39 is 71.3 Å². The predicted octanol–water partition coefficient (Wildman–Crippen LogP) is 1.16. The Kier molecular flexibility index (Phi) is 8.13. The fourth-order valence-electron chi connectivity index (χ4n) is 3.38. The molecule has 41 heavy (non-hydrogen) atoms. The molecule has 0 radical (unpaired) electrons. The van der Waals surface area contributed by atoms with Crippen LogP contribution >= 0.6 is 0 Å². The predicted molar refractivity (Wildman–Crippen MR) is 140 cm³/mol. The number of aromatic nitrogens is 4. The van der Waals surface area contributed by atoms with Gasteiger partial charge in [-0.25, -0.2) is 9.37 Å². The molecular weight excluding hydrogens is 543 g/mol. The van der Waals surface area contributed by atoms with Gasteiger partial charge in [-0.15, -0.1) is 10.2 Å². The summed E-state index contributed by atoms with van der Waals surface area (Å²) in [6.07, 6.45) is -0.337. The maximum Gasteiger partial charge on any atom is 0.313 e. The van der Waals surface area contributed by atoms with Gasteiger partial charge in [0.1, 0.15) is 11.6 Å². The van der Waals surface area contributed by atoms with Gasteiger partial charge in [-0.2, -0.15) is 0 Å². The van der Waals surface area contributed by atoms with Crippen molar-refractivity contribution in [3.05, 3.63) is 69.3 Å². The minimum absolute atomic E-state index is 0.110. The number of ether oxygens (including phenoxy) is 3. The Labute approximate surface area is 241 Å². The molecule has 15 heteroatoms. The van der Waals surface area contributed by atoms with E-state index in [-0.39, 0.29) is 37.6 Å². The van der Waals surface area contributed by atoms with E-state index >= 15 is 0 Å². The van der Waals surface area contributed by atoms with Crippen LogP contribution in [0.2, 0.25) is 0 Å². The highest BCUT2D eigenvalue weighted by Crippen LogP contribution is 2.22. The molecular formula is C26H31FN6O8. The first-order chi connectivity index (χ1) is 21.4. The number of amides is 2. The second kappa shape index (κ2) is 13.7. The SMILES string of the molecule is [2H]C([2H])([2H])c1nnc(C(=O)NC(C)(C)c2nc(C(=O)NC([2H])([2H])c3ccc(F)cc3)c(OC(=O)CCOCCOC)c(=O)n2C)o1. The van der Waals surface area contributed by atoms with E-state index in [2.05, 4.69) is 25.8 Å². The average molecular weight is 580 g/mol. The van der Waals surface area contributed by atoms with Crippen molar-refractivity contribution in [2.75, 3.05) is 26.9 Å². The maximum atomic E-state index is 13.5. The maximum absolute atomic E-state index is 13.5. The molecule has 2 aromatic heterocycles. The van der Waals surface area contributed by atoms with Gasteiger partial charge in [0, 0.05) is 31.6 Å². The van der Waals surface area contributed by atoms with Gasteiger partial charge in [0.25, 0.3) is 11.5 Å². The van der Waals surface area contributed by atoms with E-state index in [1.54, 1.807) is 0 Å². The molecule has 220 valence electrons. The number of aryl methyl sites for hydroxylation is 1. The summed E-state index contributed by atoms with van der Waals surface area (Å²) in [6.45, 7) is -2.33. The minimum atomic E-state index is -2.78. The smallest absolute Gasteiger partial charge is 0.313 e. The molecule has 0 saturated heterocycles. The number of carbonyl (C=O) groups is 3. The van der Waals surface area contributed by atoms with Crippen molar-refractivity contribution in [1.29, 1.82) is 0 Å². The Hall–Kier alpha value is -4.50. The Morgan fingerprint density at radius 2 is 1.88 bits per heavy atom. The molecule has 0 saturated carbocycles. The summed E-state index contributed by atoms with van der Waals surface area (Å²) in [6, 6.07) is 4.14. The molecule has 3 rings (SSSR count). The van der Waals surface area contributed by atoms with Gasteiger partial charge in [0.15, 0.2) is 5.69 Å². The molecule has 1 aromatic carbocycles. The molecule has 14 nitrogen and oxygen atoms in total. The largest absolute Gasteiger partial charge is 0.418 e. The normalized spacial score (nSPS) is 13.7. The van der Waals surface area contributed by atoms with E-state index in [0.717, 1.165) is 28.8 Å². The van der Waals surface area contributed by atoms with Crippen LogP contribution in [0, 0.1) is 12.7 Å². The molecule has 2 amide bonds. The van der Waals surface area contributed by atoms with E-state index in [0.29, 0.717) is 0 Å². The lowest BCUT2D eigenvalue weighted by molar-refractivity contribution is -0.135. The number of hydrogen-bond acceptors (Lipinski definition) is 11. The summed E-state index contributed by atoms with van der Waals surface area (Å²) in [5.74, 6) is -6.60. The Bertz CT molecular complexity index is 1640. The number of esters is 1. The molecule has 0 unspecified atom stereocenters. The second-order valence-corrected chi connectivity index (χ2v) is 8.88. The Morgan fingerprint density at radius 1 is 1.15 bits per heavy atom. The van der Waals surface area contributed by atoms with Crippen LogP contribution in [0.25, 0.3) is 0 Å². The fourth-order valence-corrected chi connectivity index (χ4v) is 3.38. The number of carbonyl (C=O) groups excluding carboxylic acids is 3. The van der Waals surface area contributed by atoms with Crippen LogP contribution in [0.15, 0.2) is 33.5 Å². The lowest BCUT2D eigenvalue weighted by Gasteiger charge is -2.27. The number of rotatable bonds is 13. The summed E-state index contributed by atoms with van der Waals surface area (Å²) in [7, 11) is 2.67. The summed E-state index contributed by atoms with van der Waals surface area (Å²) < 4.78 is 73.2. The molecule has 2 heterocycles. The van der Waals surface area contributed by atoms with Crippen molar-refractivity contribution in [3.63, 3.8) is 0 Å². The highest BCUT2D eigenvalue weighted by Gasteiger charge is 2.33. The first-order valence-corrected chi connectivity index (χ1v) is 12.0. The number of hydrogen-bond donors (Lipinski definition) is 2. The number of benzene rings is 1. The average Bonchev–Trinajstić information content (AvgIpc) is 3.47. The third-order valence-corrected chi connectivity index (χ3v) is 5.33. The lowest BCUT2D eigenvalue weighted by atomic mass is 10.0. The van der Waals surface area contributed by atoms with E-state index in [1.165, 1.54) is 28.0 Å². The van der Waals surface area contributed by atoms with Crippen molar-refractivity contribution in [1.82, 2.24) is 30.4 Å². The minimum Gasteiger partial charge on any atom is -0.418 e. The van der Waals surface area contributed by atoms with Gasteiger partial charge in [0.2, 0.25) is 11.6 Å².